The van der Waals surface area contributed by atoms with Gasteiger partial charge in [0, 0.05) is 16.9 Å². The van der Waals surface area contributed by atoms with Crippen LogP contribution in [-0.2, 0) is 4.74 Å². The Morgan fingerprint density at radius 3 is 2.64 bits per heavy atom. The number of nitrogens with zero attached hydrogens (tertiary/aromatic N) is 2. The van der Waals surface area contributed by atoms with E-state index >= 15 is 0 Å². The van der Waals surface area contributed by atoms with Gasteiger partial charge in [-0.25, -0.2) is 9.78 Å². The fourth-order valence-corrected chi connectivity index (χ4v) is 4.23. The number of anilines is 2. The molecule has 1 fully saturated rings. The summed E-state index contributed by atoms with van der Waals surface area (Å²) in [7, 11) is 1.35. The van der Waals surface area contributed by atoms with Crippen molar-refractivity contribution in [1.82, 2.24) is 9.55 Å². The van der Waals surface area contributed by atoms with Gasteiger partial charge in [-0.2, -0.15) is 0 Å². The largest absolute Gasteiger partial charge is 0.465 e. The minimum atomic E-state index is -0.413. The van der Waals surface area contributed by atoms with Crippen molar-refractivity contribution in [3.05, 3.63) is 69.1 Å². The quantitative estimate of drug-likeness (QED) is 0.648. The number of rotatable bonds is 5. The van der Waals surface area contributed by atoms with Crippen molar-refractivity contribution >= 4 is 28.1 Å². The SMILES string of the molecule is COC(=O)c1cc(C)sc1Nc1cc(=O)n(-c2ccccc2)c(C2CCC2)n1. The third kappa shape index (κ3) is 3.45. The van der Waals surface area contributed by atoms with E-state index in [4.69, 9.17) is 9.72 Å². The number of methoxy groups -OCH3 is 1. The molecule has 3 aromatic rings. The van der Waals surface area contributed by atoms with Gasteiger partial charge >= 0.3 is 5.97 Å². The lowest BCUT2D eigenvalue weighted by Gasteiger charge is -2.27. The highest BCUT2D eigenvalue weighted by molar-refractivity contribution is 7.16. The smallest absolute Gasteiger partial charge is 0.340 e. The number of aromatic nitrogens is 2. The first-order chi connectivity index (χ1) is 13.6. The maximum absolute atomic E-state index is 13.0. The van der Waals surface area contributed by atoms with Crippen molar-refractivity contribution in [2.45, 2.75) is 32.1 Å². The van der Waals surface area contributed by atoms with E-state index in [1.165, 1.54) is 24.5 Å². The number of carbonyl (C=O) groups excluding carboxylic acids is 1. The van der Waals surface area contributed by atoms with Gasteiger partial charge in [0.15, 0.2) is 0 Å². The molecule has 28 heavy (non-hydrogen) atoms. The van der Waals surface area contributed by atoms with Crippen LogP contribution < -0.4 is 10.9 Å². The molecule has 0 radical (unpaired) electrons. The zero-order valence-electron chi connectivity index (χ0n) is 15.8. The zero-order valence-corrected chi connectivity index (χ0v) is 16.6. The lowest BCUT2D eigenvalue weighted by molar-refractivity contribution is 0.0602. The third-order valence-electron chi connectivity index (χ3n) is 4.93. The Kier molecular flexibility index (Phi) is 5.00. The summed E-state index contributed by atoms with van der Waals surface area (Å²) >= 11 is 1.43. The van der Waals surface area contributed by atoms with Crippen molar-refractivity contribution in [3.63, 3.8) is 0 Å². The Labute approximate surface area is 166 Å². The average molecular weight is 395 g/mol. The topological polar surface area (TPSA) is 73.2 Å². The summed E-state index contributed by atoms with van der Waals surface area (Å²) in [5.41, 5.74) is 1.12. The van der Waals surface area contributed by atoms with Crippen molar-refractivity contribution in [3.8, 4) is 5.69 Å². The standard InChI is InChI=1S/C21H21N3O3S/c1-13-11-16(21(26)27-2)20(28-13)23-17-12-18(25)24(15-9-4-3-5-10-15)19(22-17)14-7-6-8-14/h3-5,9-12,14,23H,6-8H2,1-2H3. The van der Waals surface area contributed by atoms with E-state index in [0.29, 0.717) is 16.4 Å². The molecule has 0 amide bonds. The summed E-state index contributed by atoms with van der Waals surface area (Å²) in [4.78, 5) is 30.7. The van der Waals surface area contributed by atoms with Crippen molar-refractivity contribution < 1.29 is 9.53 Å². The molecule has 1 aliphatic rings. The molecule has 7 heteroatoms. The highest BCUT2D eigenvalue weighted by atomic mass is 32.1. The molecule has 0 saturated heterocycles. The van der Waals surface area contributed by atoms with Crippen LogP contribution >= 0.6 is 11.3 Å². The van der Waals surface area contributed by atoms with Gasteiger partial charge in [-0.3, -0.25) is 9.36 Å². The summed E-state index contributed by atoms with van der Waals surface area (Å²) in [6.07, 6.45) is 3.19. The van der Waals surface area contributed by atoms with Crippen LogP contribution in [0.25, 0.3) is 5.69 Å². The number of carbonyl (C=O) groups is 1. The Hall–Kier alpha value is -2.93. The molecule has 1 saturated carbocycles. The molecule has 6 nitrogen and oxygen atoms in total. The van der Waals surface area contributed by atoms with Crippen LogP contribution in [0.2, 0.25) is 0 Å². The summed E-state index contributed by atoms with van der Waals surface area (Å²) in [6.45, 7) is 1.92. The minimum Gasteiger partial charge on any atom is -0.465 e. The second-order valence-corrected chi connectivity index (χ2v) is 8.11. The van der Waals surface area contributed by atoms with Gasteiger partial charge in [0.25, 0.3) is 5.56 Å². The molecule has 2 heterocycles. The first kappa shape index (κ1) is 18.4. The van der Waals surface area contributed by atoms with Crippen LogP contribution in [-0.4, -0.2) is 22.6 Å². The van der Waals surface area contributed by atoms with Gasteiger partial charge in [-0.15, -0.1) is 11.3 Å². The molecule has 4 rings (SSSR count). The van der Waals surface area contributed by atoms with Crippen molar-refractivity contribution in [2.75, 3.05) is 12.4 Å². The Balaban J connectivity index is 1.77. The van der Waals surface area contributed by atoms with Gasteiger partial charge in [0.05, 0.1) is 18.4 Å². The maximum atomic E-state index is 13.0. The van der Waals surface area contributed by atoms with E-state index in [-0.39, 0.29) is 11.5 Å². The van der Waals surface area contributed by atoms with Crippen LogP contribution in [0.3, 0.4) is 0 Å². The van der Waals surface area contributed by atoms with E-state index in [1.807, 2.05) is 37.3 Å². The molecule has 144 valence electrons. The number of para-hydroxylation sites is 1. The molecule has 0 atom stereocenters. The summed E-state index contributed by atoms with van der Waals surface area (Å²) in [5, 5.41) is 3.80. The molecule has 0 unspecified atom stereocenters. The molecule has 0 aliphatic heterocycles. The van der Waals surface area contributed by atoms with Gasteiger partial charge < -0.3 is 10.1 Å². The molecule has 1 aliphatic carbocycles. The third-order valence-corrected chi connectivity index (χ3v) is 5.90. The summed E-state index contributed by atoms with van der Waals surface area (Å²) in [5.74, 6) is 1.06. The van der Waals surface area contributed by atoms with E-state index < -0.39 is 5.97 Å². The number of ether oxygens (including phenoxy) is 1. The van der Waals surface area contributed by atoms with Crippen LogP contribution in [0, 0.1) is 6.92 Å². The van der Waals surface area contributed by atoms with Crippen molar-refractivity contribution in [1.29, 1.82) is 0 Å². The number of thiophene rings is 1. The van der Waals surface area contributed by atoms with Gasteiger partial charge in [-0.05, 0) is 38.0 Å². The number of hydrogen-bond acceptors (Lipinski definition) is 6. The monoisotopic (exact) mass is 395 g/mol. The van der Waals surface area contributed by atoms with E-state index in [0.717, 1.165) is 35.7 Å². The first-order valence-corrected chi connectivity index (χ1v) is 10.0. The molecular formula is C21H21N3O3S. The number of esters is 1. The van der Waals surface area contributed by atoms with E-state index in [2.05, 4.69) is 5.32 Å². The van der Waals surface area contributed by atoms with E-state index in [1.54, 1.807) is 10.6 Å². The normalized spacial score (nSPS) is 13.8. The first-order valence-electron chi connectivity index (χ1n) is 9.22. The zero-order chi connectivity index (χ0) is 19.7. The number of hydrogen-bond donors (Lipinski definition) is 1. The van der Waals surface area contributed by atoms with Gasteiger partial charge in [0.2, 0.25) is 0 Å². The predicted octanol–water partition coefficient (Wildman–Crippen LogP) is 4.40. The fourth-order valence-electron chi connectivity index (χ4n) is 3.33. The van der Waals surface area contributed by atoms with Crippen LogP contribution in [0.15, 0.2) is 47.3 Å². The number of aryl methyl sites for hydroxylation is 1. The second-order valence-electron chi connectivity index (χ2n) is 6.85. The molecule has 0 bridgehead atoms. The summed E-state index contributed by atoms with van der Waals surface area (Å²) < 4.78 is 6.55. The molecular weight excluding hydrogens is 374 g/mol. The average Bonchev–Trinajstić information content (AvgIpc) is 3.00. The van der Waals surface area contributed by atoms with Gasteiger partial charge in [-0.1, -0.05) is 24.6 Å². The van der Waals surface area contributed by atoms with Crippen LogP contribution in [0.5, 0.6) is 0 Å². The molecule has 1 N–H and O–H groups in total. The lowest BCUT2D eigenvalue weighted by atomic mass is 9.84. The highest BCUT2D eigenvalue weighted by Gasteiger charge is 2.26. The molecule has 2 aromatic heterocycles. The fraction of sp³-hybridized carbons (Fsp3) is 0.286. The summed E-state index contributed by atoms with van der Waals surface area (Å²) in [6, 6.07) is 12.8. The van der Waals surface area contributed by atoms with Crippen LogP contribution in [0.4, 0.5) is 10.8 Å². The molecule has 0 spiro atoms. The maximum Gasteiger partial charge on any atom is 0.340 e. The number of benzene rings is 1. The second kappa shape index (κ2) is 7.59. The lowest BCUT2D eigenvalue weighted by Crippen LogP contribution is -2.27. The van der Waals surface area contributed by atoms with E-state index in [9.17, 15) is 9.59 Å². The van der Waals surface area contributed by atoms with Crippen molar-refractivity contribution in [2.24, 2.45) is 0 Å². The van der Waals surface area contributed by atoms with Crippen LogP contribution in [0.1, 0.15) is 46.2 Å². The highest BCUT2D eigenvalue weighted by Crippen LogP contribution is 2.37. The van der Waals surface area contributed by atoms with Gasteiger partial charge in [0.1, 0.15) is 16.6 Å². The Morgan fingerprint density at radius 1 is 1.25 bits per heavy atom. The minimum absolute atomic E-state index is 0.140. The predicted molar refractivity (Wildman–Crippen MR) is 110 cm³/mol. The Bertz CT molecular complexity index is 1070. The Morgan fingerprint density at radius 2 is 2.00 bits per heavy atom. The number of nitrogens with one attached hydrogen (secondary N) is 1. The molecule has 1 aromatic carbocycles.